The molecule has 0 fully saturated rings. The Balaban J connectivity index is 1.92. The highest BCUT2D eigenvalue weighted by Gasteiger charge is 2.46. The fraction of sp³-hybridized carbons (Fsp3) is 0.167. The maximum absolute atomic E-state index is 12.7. The number of sulfonamides is 1. The van der Waals surface area contributed by atoms with Crippen molar-refractivity contribution < 1.29 is 26.4 Å². The minimum Gasteiger partial charge on any atom is -0.309 e. The predicted octanol–water partition coefficient (Wildman–Crippen LogP) is 3.91. The van der Waals surface area contributed by atoms with Crippen LogP contribution in [0.15, 0.2) is 60.7 Å². The van der Waals surface area contributed by atoms with Crippen molar-refractivity contribution >= 4 is 27.3 Å². The van der Waals surface area contributed by atoms with Crippen molar-refractivity contribution in [3.63, 3.8) is 0 Å². The molecule has 1 aliphatic heterocycles. The quantitative estimate of drug-likeness (QED) is 0.852. The van der Waals surface area contributed by atoms with E-state index in [2.05, 4.69) is 0 Å². The van der Waals surface area contributed by atoms with Crippen molar-refractivity contribution in [3.05, 3.63) is 60.7 Å². The van der Waals surface area contributed by atoms with Gasteiger partial charge in [-0.05, 0) is 36.3 Å². The summed E-state index contributed by atoms with van der Waals surface area (Å²) in [5.74, 6) is -0.146. The van der Waals surface area contributed by atoms with Gasteiger partial charge < -0.3 is 4.90 Å². The summed E-state index contributed by atoms with van der Waals surface area (Å²) in [7, 11) is -5.52. The molecule has 0 radical (unpaired) electrons. The molecule has 0 bridgehead atoms. The highest BCUT2D eigenvalue weighted by atomic mass is 32.2. The summed E-state index contributed by atoms with van der Waals surface area (Å²) < 4.78 is 62.4. The molecular formula is C18H15F3N2O3S. The predicted molar refractivity (Wildman–Crippen MR) is 96.6 cm³/mol. The van der Waals surface area contributed by atoms with Gasteiger partial charge in [0.2, 0.25) is 0 Å². The molecule has 0 spiro atoms. The van der Waals surface area contributed by atoms with Crippen LogP contribution >= 0.6 is 0 Å². The molecule has 0 saturated carbocycles. The lowest BCUT2D eigenvalue weighted by molar-refractivity contribution is -0.114. The number of carbonyl (C=O) groups excluding carboxylic acids is 1. The minimum atomic E-state index is -5.52. The fourth-order valence-electron chi connectivity index (χ4n) is 2.69. The van der Waals surface area contributed by atoms with Crippen LogP contribution in [0.3, 0.4) is 0 Å². The summed E-state index contributed by atoms with van der Waals surface area (Å²) in [5, 5.41) is 0. The van der Waals surface area contributed by atoms with E-state index in [-0.39, 0.29) is 11.6 Å². The number of rotatable bonds is 4. The molecular weight excluding hydrogens is 381 g/mol. The largest absolute Gasteiger partial charge is 0.516 e. The van der Waals surface area contributed by atoms with Crippen LogP contribution in [0.4, 0.5) is 24.5 Å². The Bertz CT molecular complexity index is 984. The van der Waals surface area contributed by atoms with Gasteiger partial charge in [0, 0.05) is 17.8 Å². The number of hydrogen-bond acceptors (Lipinski definition) is 3. The molecule has 0 aliphatic carbocycles. The molecule has 0 atom stereocenters. The molecule has 0 aromatic heterocycles. The van der Waals surface area contributed by atoms with Crippen molar-refractivity contribution in [3.8, 4) is 11.1 Å². The summed E-state index contributed by atoms with van der Waals surface area (Å²) in [6, 6.07) is 12.4. The lowest BCUT2D eigenvalue weighted by atomic mass is 10.0. The zero-order valence-electron chi connectivity index (χ0n) is 13.9. The first-order valence-corrected chi connectivity index (χ1v) is 9.44. The van der Waals surface area contributed by atoms with Gasteiger partial charge in [0.05, 0.1) is 5.69 Å². The smallest absolute Gasteiger partial charge is 0.309 e. The van der Waals surface area contributed by atoms with Gasteiger partial charge in [-0.15, -0.1) is 0 Å². The average Bonchev–Trinajstić information content (AvgIpc) is 2.62. The van der Waals surface area contributed by atoms with Gasteiger partial charge in [-0.25, -0.2) is 0 Å². The van der Waals surface area contributed by atoms with Crippen LogP contribution in [0, 0.1) is 0 Å². The maximum Gasteiger partial charge on any atom is 0.516 e. The van der Waals surface area contributed by atoms with Crippen molar-refractivity contribution in [2.75, 3.05) is 16.2 Å². The number of alkyl halides is 3. The van der Waals surface area contributed by atoms with Gasteiger partial charge in [-0.1, -0.05) is 36.4 Å². The molecule has 27 heavy (non-hydrogen) atoms. The zero-order valence-corrected chi connectivity index (χ0v) is 14.7. The van der Waals surface area contributed by atoms with Crippen LogP contribution in [0.2, 0.25) is 0 Å². The van der Waals surface area contributed by atoms with E-state index in [4.69, 9.17) is 0 Å². The molecule has 1 heterocycles. The molecule has 1 N–H and O–H groups in total. The second-order valence-electron chi connectivity index (χ2n) is 5.82. The second-order valence-corrected chi connectivity index (χ2v) is 7.50. The fourth-order valence-corrected chi connectivity index (χ4v) is 3.27. The van der Waals surface area contributed by atoms with Crippen molar-refractivity contribution in [1.29, 1.82) is 0 Å². The molecule has 1 aliphatic rings. The summed E-state index contributed by atoms with van der Waals surface area (Å²) >= 11 is 0. The van der Waals surface area contributed by atoms with E-state index in [9.17, 15) is 26.4 Å². The van der Waals surface area contributed by atoms with Crippen LogP contribution in [-0.2, 0) is 14.8 Å². The standard InChI is InChI=1S/C18H15F3N2O3S/c19-18(20,21)27(25,26)22-16-6-2-1-5-15(16)13-8-10-14(11-9-13)23-12-4-3-7-17(23)24/h1-3,5-11,22H,4,12H2. The number of halogens is 3. The van der Waals surface area contributed by atoms with Crippen molar-refractivity contribution in [2.45, 2.75) is 11.9 Å². The van der Waals surface area contributed by atoms with Gasteiger partial charge in [0.25, 0.3) is 5.91 Å². The van der Waals surface area contributed by atoms with Crippen LogP contribution in [0.25, 0.3) is 11.1 Å². The number of anilines is 2. The Kier molecular flexibility index (Phi) is 4.97. The minimum absolute atomic E-state index is 0.146. The molecule has 0 saturated heterocycles. The summed E-state index contributed by atoms with van der Waals surface area (Å²) in [4.78, 5) is 13.5. The molecule has 3 rings (SSSR count). The Hall–Kier alpha value is -2.81. The van der Waals surface area contributed by atoms with Crippen LogP contribution < -0.4 is 9.62 Å². The van der Waals surface area contributed by atoms with Gasteiger partial charge in [-0.2, -0.15) is 21.6 Å². The van der Waals surface area contributed by atoms with Gasteiger partial charge in [0.1, 0.15) is 0 Å². The molecule has 2 aromatic rings. The number of nitrogens with zero attached hydrogens (tertiary/aromatic N) is 1. The number of para-hydroxylation sites is 1. The highest BCUT2D eigenvalue weighted by Crippen LogP contribution is 2.33. The first-order chi connectivity index (χ1) is 12.7. The topological polar surface area (TPSA) is 66.5 Å². The zero-order chi connectivity index (χ0) is 19.7. The third-order valence-electron chi connectivity index (χ3n) is 4.01. The van der Waals surface area contributed by atoms with E-state index in [1.165, 1.54) is 24.3 Å². The molecule has 142 valence electrons. The lowest BCUT2D eigenvalue weighted by Gasteiger charge is -2.23. The van der Waals surface area contributed by atoms with Crippen molar-refractivity contribution in [1.82, 2.24) is 0 Å². The SMILES string of the molecule is O=C1C=CCCN1c1ccc(-c2ccccc2NS(=O)(=O)C(F)(F)F)cc1. The number of carbonyl (C=O) groups is 1. The molecule has 9 heteroatoms. The van der Waals surface area contributed by atoms with E-state index in [1.807, 2.05) is 0 Å². The highest BCUT2D eigenvalue weighted by molar-refractivity contribution is 7.93. The van der Waals surface area contributed by atoms with E-state index in [0.29, 0.717) is 23.4 Å². The monoisotopic (exact) mass is 396 g/mol. The number of hydrogen-bond donors (Lipinski definition) is 1. The van der Waals surface area contributed by atoms with E-state index in [0.717, 1.165) is 6.42 Å². The van der Waals surface area contributed by atoms with Crippen LogP contribution in [0.1, 0.15) is 6.42 Å². The Labute approximate surface area is 154 Å². The van der Waals surface area contributed by atoms with Crippen molar-refractivity contribution in [2.24, 2.45) is 0 Å². The summed E-state index contributed by atoms with van der Waals surface area (Å²) in [6.45, 7) is 0.538. The number of nitrogens with one attached hydrogen (secondary N) is 1. The van der Waals surface area contributed by atoms with E-state index in [1.54, 1.807) is 46.0 Å². The molecule has 1 amide bonds. The number of benzene rings is 2. The first-order valence-electron chi connectivity index (χ1n) is 7.96. The third-order valence-corrected chi connectivity index (χ3v) is 5.11. The molecule has 0 unspecified atom stereocenters. The Morgan fingerprint density at radius 2 is 1.67 bits per heavy atom. The normalized spacial score (nSPS) is 15.1. The average molecular weight is 396 g/mol. The van der Waals surface area contributed by atoms with E-state index >= 15 is 0 Å². The molecule has 2 aromatic carbocycles. The summed E-state index contributed by atoms with van der Waals surface area (Å²) in [5.41, 5.74) is -4.13. The Morgan fingerprint density at radius 1 is 1.00 bits per heavy atom. The molecule has 5 nitrogen and oxygen atoms in total. The first kappa shape index (κ1) is 19.0. The Morgan fingerprint density at radius 3 is 2.30 bits per heavy atom. The van der Waals surface area contributed by atoms with Crippen LogP contribution in [0.5, 0.6) is 0 Å². The van der Waals surface area contributed by atoms with Gasteiger partial charge in [-0.3, -0.25) is 9.52 Å². The lowest BCUT2D eigenvalue weighted by Crippen LogP contribution is -2.32. The van der Waals surface area contributed by atoms with Gasteiger partial charge in [0.15, 0.2) is 0 Å². The van der Waals surface area contributed by atoms with Gasteiger partial charge >= 0.3 is 15.5 Å². The second kappa shape index (κ2) is 7.07. The third kappa shape index (κ3) is 3.97. The summed E-state index contributed by atoms with van der Waals surface area (Å²) in [6.07, 6.45) is 4.00. The van der Waals surface area contributed by atoms with E-state index < -0.39 is 15.5 Å². The van der Waals surface area contributed by atoms with Crippen LogP contribution in [-0.4, -0.2) is 26.4 Å². The number of amides is 1. The maximum atomic E-state index is 12.7.